The lowest BCUT2D eigenvalue weighted by molar-refractivity contribution is 0.0730. The third-order valence-electron chi connectivity index (χ3n) is 2.32. The molecule has 3 nitrogen and oxygen atoms in total. The van der Waals surface area contributed by atoms with Gasteiger partial charge < -0.3 is 5.11 Å². The van der Waals surface area contributed by atoms with Gasteiger partial charge in [0.1, 0.15) is 5.60 Å². The van der Waals surface area contributed by atoms with E-state index in [0.29, 0.717) is 5.69 Å². The number of nitrogens with zero attached hydrogens (tertiary/aromatic N) is 2. The van der Waals surface area contributed by atoms with Crippen LogP contribution in [0.15, 0.2) is 24.3 Å². The first-order chi connectivity index (χ1) is 6.98. The predicted molar refractivity (Wildman–Crippen MR) is 59.5 cm³/mol. The lowest BCUT2D eigenvalue weighted by Gasteiger charge is -2.18. The average molecular weight is 202 g/mol. The molecule has 0 spiro atoms. The highest BCUT2D eigenvalue weighted by atomic mass is 16.3. The summed E-state index contributed by atoms with van der Waals surface area (Å²) in [4.78, 5) is 8.85. The van der Waals surface area contributed by atoms with Crippen LogP contribution in [0.1, 0.15) is 25.2 Å². The minimum Gasteiger partial charge on any atom is -0.384 e. The van der Waals surface area contributed by atoms with E-state index in [0.717, 1.165) is 16.7 Å². The molecule has 0 aliphatic rings. The number of fused-ring (bicyclic) bond motifs is 1. The largest absolute Gasteiger partial charge is 0.384 e. The Labute approximate surface area is 88.8 Å². The lowest BCUT2D eigenvalue weighted by Crippen LogP contribution is -2.20. The topological polar surface area (TPSA) is 46.0 Å². The van der Waals surface area contributed by atoms with Crippen LogP contribution in [0.5, 0.6) is 0 Å². The first kappa shape index (κ1) is 10.1. The summed E-state index contributed by atoms with van der Waals surface area (Å²) in [5.74, 6) is 0. The molecular formula is C12H14N2O. The molecule has 0 fully saturated rings. The van der Waals surface area contributed by atoms with E-state index in [2.05, 4.69) is 9.97 Å². The summed E-state index contributed by atoms with van der Waals surface area (Å²) in [5, 5.41) is 9.93. The van der Waals surface area contributed by atoms with Gasteiger partial charge in [-0.15, -0.1) is 0 Å². The van der Waals surface area contributed by atoms with Crippen LogP contribution in [-0.4, -0.2) is 15.1 Å². The summed E-state index contributed by atoms with van der Waals surface area (Å²) in [7, 11) is 0. The van der Waals surface area contributed by atoms with Crippen LogP contribution in [-0.2, 0) is 5.60 Å². The number of para-hydroxylation sites is 2. The second-order valence-electron chi connectivity index (χ2n) is 4.21. The molecule has 0 bridgehead atoms. The van der Waals surface area contributed by atoms with Crippen LogP contribution in [0.3, 0.4) is 0 Å². The van der Waals surface area contributed by atoms with E-state index < -0.39 is 5.60 Å². The van der Waals surface area contributed by atoms with Crippen LogP contribution >= 0.6 is 0 Å². The number of aliphatic hydroxyl groups is 1. The van der Waals surface area contributed by atoms with E-state index in [-0.39, 0.29) is 0 Å². The standard InChI is InChI=1S/C12H14N2O/c1-8-11(12(2,3)15)14-10-7-5-4-6-9(10)13-8/h4-7,15H,1-3H3. The first-order valence-corrected chi connectivity index (χ1v) is 4.95. The molecule has 0 unspecified atom stereocenters. The van der Waals surface area contributed by atoms with Gasteiger partial charge >= 0.3 is 0 Å². The Morgan fingerprint density at radius 2 is 1.60 bits per heavy atom. The normalized spacial score (nSPS) is 12.0. The van der Waals surface area contributed by atoms with Gasteiger partial charge in [0.15, 0.2) is 0 Å². The number of aryl methyl sites for hydroxylation is 1. The van der Waals surface area contributed by atoms with E-state index in [1.54, 1.807) is 13.8 Å². The Morgan fingerprint density at radius 3 is 2.13 bits per heavy atom. The fraction of sp³-hybridized carbons (Fsp3) is 0.333. The summed E-state index contributed by atoms with van der Waals surface area (Å²) in [5.41, 5.74) is 2.16. The number of rotatable bonds is 1. The van der Waals surface area contributed by atoms with Crippen molar-refractivity contribution in [2.45, 2.75) is 26.4 Å². The number of hydrogen-bond donors (Lipinski definition) is 1. The van der Waals surface area contributed by atoms with Gasteiger partial charge in [0.05, 0.1) is 22.4 Å². The number of aromatic nitrogens is 2. The second-order valence-corrected chi connectivity index (χ2v) is 4.21. The third kappa shape index (κ3) is 1.83. The van der Waals surface area contributed by atoms with Crippen molar-refractivity contribution in [3.63, 3.8) is 0 Å². The molecule has 2 rings (SSSR count). The third-order valence-corrected chi connectivity index (χ3v) is 2.32. The number of hydrogen-bond acceptors (Lipinski definition) is 3. The average Bonchev–Trinajstić information content (AvgIpc) is 2.15. The molecule has 3 heteroatoms. The molecule has 0 saturated carbocycles. The zero-order valence-electron chi connectivity index (χ0n) is 9.15. The maximum Gasteiger partial charge on any atom is 0.103 e. The van der Waals surface area contributed by atoms with Gasteiger partial charge in [-0.25, -0.2) is 9.97 Å². The highest BCUT2D eigenvalue weighted by Crippen LogP contribution is 2.22. The van der Waals surface area contributed by atoms with Crippen molar-refractivity contribution in [1.29, 1.82) is 0 Å². The van der Waals surface area contributed by atoms with E-state index >= 15 is 0 Å². The van der Waals surface area contributed by atoms with E-state index in [4.69, 9.17) is 0 Å². The Morgan fingerprint density at radius 1 is 1.07 bits per heavy atom. The lowest BCUT2D eigenvalue weighted by atomic mass is 10.0. The number of benzene rings is 1. The van der Waals surface area contributed by atoms with Crippen LogP contribution in [0.25, 0.3) is 11.0 Å². The van der Waals surface area contributed by atoms with Crippen molar-refractivity contribution in [2.75, 3.05) is 0 Å². The summed E-state index contributed by atoms with van der Waals surface area (Å²) >= 11 is 0. The van der Waals surface area contributed by atoms with Gasteiger partial charge in [-0.3, -0.25) is 0 Å². The fourth-order valence-corrected chi connectivity index (χ4v) is 1.67. The summed E-state index contributed by atoms with van der Waals surface area (Å²) < 4.78 is 0. The van der Waals surface area contributed by atoms with Crippen molar-refractivity contribution < 1.29 is 5.11 Å². The van der Waals surface area contributed by atoms with Crippen molar-refractivity contribution in [1.82, 2.24) is 9.97 Å². The zero-order chi connectivity index (χ0) is 11.1. The molecule has 1 aromatic carbocycles. The van der Waals surface area contributed by atoms with E-state index in [9.17, 15) is 5.11 Å². The predicted octanol–water partition coefficient (Wildman–Crippen LogP) is 2.17. The molecule has 0 aliphatic carbocycles. The van der Waals surface area contributed by atoms with Crippen molar-refractivity contribution in [2.24, 2.45) is 0 Å². The van der Waals surface area contributed by atoms with Gasteiger partial charge in [0, 0.05) is 0 Å². The molecule has 1 N–H and O–H groups in total. The Balaban J connectivity index is 2.73. The minimum absolute atomic E-state index is 0.640. The Hall–Kier alpha value is -1.48. The van der Waals surface area contributed by atoms with E-state index in [1.807, 2.05) is 31.2 Å². The highest BCUT2D eigenvalue weighted by molar-refractivity contribution is 5.74. The monoisotopic (exact) mass is 202 g/mol. The SMILES string of the molecule is Cc1nc2ccccc2nc1C(C)(C)O. The Bertz CT molecular complexity index is 500. The molecular weight excluding hydrogens is 188 g/mol. The van der Waals surface area contributed by atoms with Gasteiger partial charge in [-0.05, 0) is 32.9 Å². The molecule has 0 radical (unpaired) electrons. The van der Waals surface area contributed by atoms with Crippen LogP contribution in [0.2, 0.25) is 0 Å². The first-order valence-electron chi connectivity index (χ1n) is 4.95. The molecule has 0 aliphatic heterocycles. The fourth-order valence-electron chi connectivity index (χ4n) is 1.67. The van der Waals surface area contributed by atoms with E-state index in [1.165, 1.54) is 0 Å². The zero-order valence-corrected chi connectivity index (χ0v) is 9.15. The molecule has 15 heavy (non-hydrogen) atoms. The molecule has 0 amide bonds. The summed E-state index contributed by atoms with van der Waals surface area (Å²) in [6.07, 6.45) is 0. The summed E-state index contributed by atoms with van der Waals surface area (Å²) in [6.45, 7) is 5.31. The summed E-state index contributed by atoms with van der Waals surface area (Å²) in [6, 6.07) is 7.67. The maximum absolute atomic E-state index is 9.93. The minimum atomic E-state index is -0.943. The van der Waals surface area contributed by atoms with Crippen LogP contribution < -0.4 is 0 Å². The molecule has 2 aromatic rings. The van der Waals surface area contributed by atoms with Gasteiger partial charge in [0.2, 0.25) is 0 Å². The quantitative estimate of drug-likeness (QED) is 0.770. The highest BCUT2D eigenvalue weighted by Gasteiger charge is 2.21. The van der Waals surface area contributed by atoms with Gasteiger partial charge in [0.25, 0.3) is 0 Å². The molecule has 0 atom stereocenters. The van der Waals surface area contributed by atoms with Crippen LogP contribution in [0, 0.1) is 6.92 Å². The van der Waals surface area contributed by atoms with Gasteiger partial charge in [-0.1, -0.05) is 12.1 Å². The Kier molecular flexibility index (Phi) is 2.20. The molecule has 1 aromatic heterocycles. The van der Waals surface area contributed by atoms with Crippen molar-refractivity contribution >= 4 is 11.0 Å². The van der Waals surface area contributed by atoms with Crippen LogP contribution in [0.4, 0.5) is 0 Å². The van der Waals surface area contributed by atoms with Crippen molar-refractivity contribution in [3.8, 4) is 0 Å². The van der Waals surface area contributed by atoms with Gasteiger partial charge in [-0.2, -0.15) is 0 Å². The maximum atomic E-state index is 9.93. The molecule has 0 saturated heterocycles. The molecule has 78 valence electrons. The van der Waals surface area contributed by atoms with Crippen molar-refractivity contribution in [3.05, 3.63) is 35.7 Å². The smallest absolute Gasteiger partial charge is 0.103 e. The second kappa shape index (κ2) is 3.28. The molecule has 1 heterocycles.